The van der Waals surface area contributed by atoms with E-state index in [1.165, 1.54) is 18.2 Å². The van der Waals surface area contributed by atoms with E-state index in [-0.39, 0.29) is 5.91 Å². The van der Waals surface area contributed by atoms with E-state index < -0.39 is 11.7 Å². The lowest BCUT2D eigenvalue weighted by atomic mass is 10.1. The number of nitrogens with one attached hydrogen (secondary N) is 2. The van der Waals surface area contributed by atoms with Gasteiger partial charge in [0.25, 0.3) is 5.91 Å². The van der Waals surface area contributed by atoms with Gasteiger partial charge in [0.15, 0.2) is 0 Å². The quantitative estimate of drug-likeness (QED) is 0.798. The largest absolute Gasteiger partial charge is 0.495 e. The summed E-state index contributed by atoms with van der Waals surface area (Å²) in [6.45, 7) is 5.37. The third-order valence-electron chi connectivity index (χ3n) is 4.45. The fourth-order valence-electron chi connectivity index (χ4n) is 3.21. The topological polar surface area (TPSA) is 76.7 Å². The average molecular weight is 382 g/mol. The lowest BCUT2D eigenvalue weighted by Crippen LogP contribution is -2.27. The molecule has 0 aromatic heterocycles. The molecule has 28 heavy (non-hydrogen) atoms. The fraction of sp³-hybridized carbons (Fsp3) is 0.364. The van der Waals surface area contributed by atoms with Gasteiger partial charge in [0, 0.05) is 11.3 Å². The van der Waals surface area contributed by atoms with Crippen LogP contribution in [-0.4, -0.2) is 24.7 Å². The van der Waals surface area contributed by atoms with Crippen LogP contribution < -0.4 is 15.4 Å². The number of methoxy groups -OCH3 is 1. The molecule has 3 rings (SSSR count). The van der Waals surface area contributed by atoms with Gasteiger partial charge in [-0.05, 0) is 81.5 Å². The van der Waals surface area contributed by atoms with Crippen LogP contribution in [0.25, 0.3) is 0 Å². The monoisotopic (exact) mass is 382 g/mol. The molecule has 0 atom stereocenters. The van der Waals surface area contributed by atoms with Crippen LogP contribution in [0.3, 0.4) is 0 Å². The van der Waals surface area contributed by atoms with E-state index in [1.807, 2.05) is 18.2 Å². The summed E-state index contributed by atoms with van der Waals surface area (Å²) in [7, 11) is 1.51. The Balaban J connectivity index is 1.75. The van der Waals surface area contributed by atoms with Gasteiger partial charge in [-0.25, -0.2) is 4.79 Å². The van der Waals surface area contributed by atoms with Gasteiger partial charge in [0.2, 0.25) is 0 Å². The minimum Gasteiger partial charge on any atom is -0.495 e. The molecule has 0 spiro atoms. The Morgan fingerprint density at radius 1 is 0.964 bits per heavy atom. The average Bonchev–Trinajstić information content (AvgIpc) is 3.08. The van der Waals surface area contributed by atoms with Crippen molar-refractivity contribution in [2.45, 2.75) is 45.6 Å². The number of amides is 2. The van der Waals surface area contributed by atoms with E-state index in [2.05, 4.69) is 10.6 Å². The molecule has 6 nitrogen and oxygen atoms in total. The van der Waals surface area contributed by atoms with E-state index in [0.717, 1.165) is 19.3 Å². The van der Waals surface area contributed by atoms with Gasteiger partial charge in [-0.2, -0.15) is 0 Å². The molecule has 0 unspecified atom stereocenters. The Hall–Kier alpha value is -3.02. The summed E-state index contributed by atoms with van der Waals surface area (Å²) < 4.78 is 10.6. The first-order valence-corrected chi connectivity index (χ1v) is 9.36. The first-order chi connectivity index (χ1) is 13.2. The van der Waals surface area contributed by atoms with Crippen LogP contribution in [-0.2, 0) is 17.6 Å². The minimum atomic E-state index is -0.614. The lowest BCUT2D eigenvalue weighted by Gasteiger charge is -2.20. The van der Waals surface area contributed by atoms with Gasteiger partial charge < -0.3 is 14.8 Å². The molecule has 2 amide bonds. The predicted molar refractivity (Wildman–Crippen MR) is 109 cm³/mol. The van der Waals surface area contributed by atoms with Crippen molar-refractivity contribution in [2.75, 3.05) is 17.7 Å². The van der Waals surface area contributed by atoms with E-state index in [0.29, 0.717) is 22.7 Å². The van der Waals surface area contributed by atoms with Crippen LogP contribution in [0.15, 0.2) is 36.4 Å². The number of rotatable bonds is 4. The van der Waals surface area contributed by atoms with Crippen molar-refractivity contribution in [3.8, 4) is 5.75 Å². The van der Waals surface area contributed by atoms with Crippen LogP contribution in [0.5, 0.6) is 5.75 Å². The van der Waals surface area contributed by atoms with Crippen molar-refractivity contribution < 1.29 is 19.1 Å². The number of hydrogen-bond acceptors (Lipinski definition) is 4. The number of benzene rings is 2. The first-order valence-electron chi connectivity index (χ1n) is 9.36. The molecule has 0 aliphatic heterocycles. The molecule has 0 bridgehead atoms. The highest BCUT2D eigenvalue weighted by atomic mass is 16.6. The number of hydrogen-bond donors (Lipinski definition) is 2. The van der Waals surface area contributed by atoms with Crippen molar-refractivity contribution in [1.82, 2.24) is 0 Å². The highest BCUT2D eigenvalue weighted by Crippen LogP contribution is 2.29. The molecule has 0 saturated carbocycles. The summed E-state index contributed by atoms with van der Waals surface area (Å²) in [4.78, 5) is 24.7. The maximum absolute atomic E-state index is 12.6. The second-order valence-electron chi connectivity index (χ2n) is 7.83. The molecule has 6 heteroatoms. The van der Waals surface area contributed by atoms with Gasteiger partial charge in [0.1, 0.15) is 11.4 Å². The van der Waals surface area contributed by atoms with Crippen LogP contribution in [0.2, 0.25) is 0 Å². The van der Waals surface area contributed by atoms with Gasteiger partial charge >= 0.3 is 6.09 Å². The summed E-state index contributed by atoms with van der Waals surface area (Å²) in [5, 5.41) is 5.54. The Kier molecular flexibility index (Phi) is 5.58. The third kappa shape index (κ3) is 4.82. The number of aryl methyl sites for hydroxylation is 2. The summed E-state index contributed by atoms with van der Waals surface area (Å²) >= 11 is 0. The van der Waals surface area contributed by atoms with Crippen molar-refractivity contribution in [1.29, 1.82) is 0 Å². The molecule has 0 heterocycles. The van der Waals surface area contributed by atoms with Crippen molar-refractivity contribution in [2.24, 2.45) is 0 Å². The molecular formula is C22H26N2O4. The summed E-state index contributed by atoms with van der Waals surface area (Å²) in [5.74, 6) is 0.282. The number of carbonyl (C=O) groups excluding carboxylic acids is 2. The van der Waals surface area contributed by atoms with Gasteiger partial charge in [0.05, 0.1) is 12.8 Å². The number of anilines is 2. The Morgan fingerprint density at radius 3 is 2.43 bits per heavy atom. The van der Waals surface area contributed by atoms with Crippen LogP contribution >= 0.6 is 0 Å². The number of fused-ring (bicyclic) bond motifs is 1. The standard InChI is InChI=1S/C22H26N2O4/c1-22(2,3)28-21(26)24-18-13-17(10-11-19(18)27-4)23-20(25)16-9-8-14-6-5-7-15(14)12-16/h8-13H,5-7H2,1-4H3,(H,23,25)(H,24,26). The van der Waals surface area contributed by atoms with Gasteiger partial charge in [-0.3, -0.25) is 10.1 Å². The van der Waals surface area contributed by atoms with Gasteiger partial charge in [-0.1, -0.05) is 6.07 Å². The normalized spacial score (nSPS) is 12.9. The zero-order chi connectivity index (χ0) is 20.3. The Morgan fingerprint density at radius 2 is 1.71 bits per heavy atom. The third-order valence-corrected chi connectivity index (χ3v) is 4.45. The second kappa shape index (κ2) is 7.92. The van der Waals surface area contributed by atoms with E-state index in [9.17, 15) is 9.59 Å². The van der Waals surface area contributed by atoms with Crippen LogP contribution in [0.1, 0.15) is 48.7 Å². The maximum atomic E-state index is 12.6. The smallest absolute Gasteiger partial charge is 0.412 e. The van der Waals surface area contributed by atoms with Crippen molar-refractivity contribution in [3.05, 3.63) is 53.1 Å². The molecular weight excluding hydrogens is 356 g/mol. The highest BCUT2D eigenvalue weighted by Gasteiger charge is 2.18. The van der Waals surface area contributed by atoms with Crippen molar-refractivity contribution >= 4 is 23.4 Å². The molecule has 0 radical (unpaired) electrons. The van der Waals surface area contributed by atoms with Crippen molar-refractivity contribution in [3.63, 3.8) is 0 Å². The lowest BCUT2D eigenvalue weighted by molar-refractivity contribution is 0.0635. The number of ether oxygens (including phenoxy) is 2. The van der Waals surface area contributed by atoms with Crippen LogP contribution in [0, 0.1) is 0 Å². The summed E-state index contributed by atoms with van der Waals surface area (Å²) in [6, 6.07) is 10.9. The van der Waals surface area contributed by atoms with E-state index in [4.69, 9.17) is 9.47 Å². The molecule has 148 valence electrons. The molecule has 2 aromatic rings. The van der Waals surface area contributed by atoms with Gasteiger partial charge in [-0.15, -0.1) is 0 Å². The molecule has 1 aliphatic carbocycles. The zero-order valence-electron chi connectivity index (χ0n) is 16.7. The predicted octanol–water partition coefficient (Wildman–Crippen LogP) is 4.78. The Labute approximate surface area is 165 Å². The van der Waals surface area contributed by atoms with E-state index >= 15 is 0 Å². The SMILES string of the molecule is COc1ccc(NC(=O)c2ccc3c(c2)CCC3)cc1NC(=O)OC(C)(C)C. The molecule has 1 aliphatic rings. The number of carbonyl (C=O) groups is 2. The summed E-state index contributed by atoms with van der Waals surface area (Å²) in [5.41, 5.74) is 3.55. The summed E-state index contributed by atoms with van der Waals surface area (Å²) in [6.07, 6.45) is 2.64. The van der Waals surface area contributed by atoms with E-state index in [1.54, 1.807) is 39.0 Å². The minimum absolute atomic E-state index is 0.192. The van der Waals surface area contributed by atoms with Crippen LogP contribution in [0.4, 0.5) is 16.2 Å². The fourth-order valence-corrected chi connectivity index (χ4v) is 3.21. The molecule has 2 N–H and O–H groups in total. The highest BCUT2D eigenvalue weighted by molar-refractivity contribution is 6.05. The molecule has 0 fully saturated rings. The Bertz CT molecular complexity index is 900. The molecule has 2 aromatic carbocycles. The maximum Gasteiger partial charge on any atom is 0.412 e. The molecule has 0 saturated heterocycles. The second-order valence-corrected chi connectivity index (χ2v) is 7.83. The first kappa shape index (κ1) is 19.7. The zero-order valence-corrected chi connectivity index (χ0v) is 16.7.